The molecule has 0 amide bonds. The van der Waals surface area contributed by atoms with Crippen LogP contribution < -0.4 is 0 Å². The lowest BCUT2D eigenvalue weighted by molar-refractivity contribution is -0.147. The van der Waals surface area contributed by atoms with Crippen LogP contribution in [0.15, 0.2) is 0 Å². The van der Waals surface area contributed by atoms with Gasteiger partial charge in [0.15, 0.2) is 0 Å². The van der Waals surface area contributed by atoms with E-state index < -0.39 is 0 Å². The predicted molar refractivity (Wildman–Crippen MR) is 72.1 cm³/mol. The number of carbonyl (C=O) groups is 1. The molecule has 0 saturated carbocycles. The van der Waals surface area contributed by atoms with Crippen LogP contribution in [0.1, 0.15) is 59.3 Å². The summed E-state index contributed by atoms with van der Waals surface area (Å²) in [6.45, 7) is 6.80. The van der Waals surface area contributed by atoms with Gasteiger partial charge in [0.1, 0.15) is 6.61 Å². The average Bonchev–Trinajstić information content (AvgIpc) is 2.26. The van der Waals surface area contributed by atoms with Crippen LogP contribution in [0.25, 0.3) is 0 Å². The molecule has 0 saturated heterocycles. The molecule has 0 aromatic rings. The Bertz CT molecular complexity index is 212. The third-order valence-corrected chi connectivity index (χ3v) is 3.28. The van der Waals surface area contributed by atoms with E-state index in [0.717, 1.165) is 12.8 Å². The van der Waals surface area contributed by atoms with E-state index in [1.54, 1.807) is 0 Å². The second-order valence-corrected chi connectivity index (χ2v) is 5.53. The number of likely N-dealkylation sites (N-methyl/N-ethyl adjacent to an activating group) is 1. The van der Waals surface area contributed by atoms with Crippen LogP contribution in [-0.2, 0) is 9.53 Å². The molecule has 3 nitrogen and oxygen atoms in total. The fourth-order valence-corrected chi connectivity index (χ4v) is 1.33. The van der Waals surface area contributed by atoms with Crippen molar-refractivity contribution in [2.75, 3.05) is 20.7 Å². The van der Waals surface area contributed by atoms with Crippen molar-refractivity contribution in [1.82, 2.24) is 4.90 Å². The Hall–Kier alpha value is -0.570. The van der Waals surface area contributed by atoms with Crippen LogP contribution in [0.5, 0.6) is 0 Å². The van der Waals surface area contributed by atoms with Gasteiger partial charge < -0.3 is 9.64 Å². The van der Waals surface area contributed by atoms with Gasteiger partial charge in [-0.25, -0.2) is 0 Å². The van der Waals surface area contributed by atoms with Crippen molar-refractivity contribution in [3.8, 4) is 0 Å². The molecule has 17 heavy (non-hydrogen) atoms. The Labute approximate surface area is 107 Å². The first-order valence-electron chi connectivity index (χ1n) is 6.73. The molecule has 0 rings (SSSR count). The number of esters is 1. The highest BCUT2D eigenvalue weighted by Gasteiger charge is 2.22. The van der Waals surface area contributed by atoms with Crippen molar-refractivity contribution in [3.63, 3.8) is 0 Å². The van der Waals surface area contributed by atoms with Crippen LogP contribution in [0.3, 0.4) is 0 Å². The minimum absolute atomic E-state index is 0.0589. The molecule has 0 fully saturated rings. The smallest absolute Gasteiger partial charge is 0.305 e. The molecule has 0 aliphatic carbocycles. The van der Waals surface area contributed by atoms with Gasteiger partial charge in [0, 0.05) is 12.0 Å². The van der Waals surface area contributed by atoms with Gasteiger partial charge in [-0.1, -0.05) is 32.6 Å². The minimum atomic E-state index is -0.0854. The van der Waals surface area contributed by atoms with Crippen LogP contribution in [-0.4, -0.2) is 37.1 Å². The summed E-state index contributed by atoms with van der Waals surface area (Å²) < 4.78 is 5.29. The summed E-state index contributed by atoms with van der Waals surface area (Å²) in [5.74, 6) is -0.0589. The van der Waals surface area contributed by atoms with Gasteiger partial charge in [-0.05, 0) is 34.4 Å². The molecule has 0 aromatic heterocycles. The predicted octanol–water partition coefficient (Wildman–Crippen LogP) is 3.23. The monoisotopic (exact) mass is 243 g/mol. The van der Waals surface area contributed by atoms with E-state index in [0.29, 0.717) is 13.0 Å². The van der Waals surface area contributed by atoms with E-state index in [4.69, 9.17) is 4.74 Å². The maximum absolute atomic E-state index is 11.5. The molecular formula is C14H29NO2. The van der Waals surface area contributed by atoms with Gasteiger partial charge in [0.05, 0.1) is 0 Å². The number of nitrogens with zero attached hydrogens (tertiary/aromatic N) is 1. The number of hydrogen-bond donors (Lipinski definition) is 0. The highest BCUT2D eigenvalue weighted by atomic mass is 16.5. The summed E-state index contributed by atoms with van der Waals surface area (Å²) in [6, 6.07) is 0. The molecule has 0 aromatic carbocycles. The fraction of sp³-hybridized carbons (Fsp3) is 0.929. The quantitative estimate of drug-likeness (QED) is 0.460. The second-order valence-electron chi connectivity index (χ2n) is 5.53. The number of carbonyl (C=O) groups excluding carboxylic acids is 1. The Kier molecular flexibility index (Phi) is 8.23. The van der Waals surface area contributed by atoms with Crippen molar-refractivity contribution < 1.29 is 9.53 Å². The Morgan fingerprint density at radius 3 is 2.24 bits per heavy atom. The molecule has 3 heteroatoms. The van der Waals surface area contributed by atoms with Crippen molar-refractivity contribution >= 4 is 5.97 Å². The summed E-state index contributed by atoms with van der Waals surface area (Å²) in [4.78, 5) is 13.6. The third-order valence-electron chi connectivity index (χ3n) is 3.28. The molecule has 0 heterocycles. The molecule has 0 N–H and O–H groups in total. The molecular weight excluding hydrogens is 214 g/mol. The SMILES string of the molecule is CCCCCCCC(=O)OCC(C)(C)N(C)C. The normalized spacial score (nSPS) is 11.9. The molecule has 0 spiro atoms. The van der Waals surface area contributed by atoms with Crippen molar-refractivity contribution in [2.24, 2.45) is 0 Å². The van der Waals surface area contributed by atoms with E-state index in [-0.39, 0.29) is 11.5 Å². The lowest BCUT2D eigenvalue weighted by Crippen LogP contribution is -2.43. The Morgan fingerprint density at radius 1 is 1.12 bits per heavy atom. The van der Waals surface area contributed by atoms with Gasteiger partial charge in [-0.15, -0.1) is 0 Å². The maximum atomic E-state index is 11.5. The number of unbranched alkanes of at least 4 members (excludes halogenated alkanes) is 4. The lowest BCUT2D eigenvalue weighted by Gasteiger charge is -2.31. The number of rotatable bonds is 9. The van der Waals surface area contributed by atoms with Gasteiger partial charge in [-0.2, -0.15) is 0 Å². The van der Waals surface area contributed by atoms with Crippen molar-refractivity contribution in [2.45, 2.75) is 64.8 Å². The molecule has 0 aliphatic heterocycles. The number of ether oxygens (including phenoxy) is 1. The molecule has 102 valence electrons. The van der Waals surface area contributed by atoms with E-state index >= 15 is 0 Å². The molecule has 0 unspecified atom stereocenters. The zero-order chi connectivity index (χ0) is 13.3. The first kappa shape index (κ1) is 16.4. The summed E-state index contributed by atoms with van der Waals surface area (Å²) in [7, 11) is 4.00. The van der Waals surface area contributed by atoms with Crippen LogP contribution in [0.4, 0.5) is 0 Å². The van der Waals surface area contributed by atoms with Gasteiger partial charge in [-0.3, -0.25) is 4.79 Å². The van der Waals surface area contributed by atoms with E-state index in [2.05, 4.69) is 25.7 Å². The van der Waals surface area contributed by atoms with Crippen molar-refractivity contribution in [3.05, 3.63) is 0 Å². The van der Waals surface area contributed by atoms with Gasteiger partial charge in [0.25, 0.3) is 0 Å². The van der Waals surface area contributed by atoms with Crippen molar-refractivity contribution in [1.29, 1.82) is 0 Å². The third kappa shape index (κ3) is 8.19. The lowest BCUT2D eigenvalue weighted by atomic mass is 10.1. The van der Waals surface area contributed by atoms with Crippen LogP contribution >= 0.6 is 0 Å². The standard InChI is InChI=1S/C14H29NO2/c1-6-7-8-9-10-11-13(16)17-12-14(2,3)15(4)5/h6-12H2,1-5H3. The summed E-state index contributed by atoms with van der Waals surface area (Å²) in [5.41, 5.74) is -0.0854. The van der Waals surface area contributed by atoms with Crippen LogP contribution in [0, 0.1) is 0 Å². The van der Waals surface area contributed by atoms with Gasteiger partial charge >= 0.3 is 5.97 Å². The highest BCUT2D eigenvalue weighted by Crippen LogP contribution is 2.11. The maximum Gasteiger partial charge on any atom is 0.305 e. The van der Waals surface area contributed by atoms with E-state index in [9.17, 15) is 4.79 Å². The zero-order valence-corrected chi connectivity index (χ0v) is 12.2. The molecule has 0 atom stereocenters. The molecule has 0 radical (unpaired) electrons. The first-order chi connectivity index (χ1) is 7.90. The minimum Gasteiger partial charge on any atom is -0.464 e. The topological polar surface area (TPSA) is 29.5 Å². The summed E-state index contributed by atoms with van der Waals surface area (Å²) >= 11 is 0. The fourth-order valence-electron chi connectivity index (χ4n) is 1.33. The van der Waals surface area contributed by atoms with E-state index in [1.165, 1.54) is 19.3 Å². The zero-order valence-electron chi connectivity index (χ0n) is 12.2. The molecule has 0 aliphatic rings. The number of hydrogen-bond acceptors (Lipinski definition) is 3. The Morgan fingerprint density at radius 2 is 1.71 bits per heavy atom. The summed E-state index contributed by atoms with van der Waals surface area (Å²) in [6.07, 6.45) is 6.39. The van der Waals surface area contributed by atoms with Gasteiger partial charge in [0.2, 0.25) is 0 Å². The average molecular weight is 243 g/mol. The highest BCUT2D eigenvalue weighted by molar-refractivity contribution is 5.69. The molecule has 0 bridgehead atoms. The van der Waals surface area contributed by atoms with E-state index in [1.807, 2.05) is 14.1 Å². The largest absolute Gasteiger partial charge is 0.464 e. The summed E-state index contributed by atoms with van der Waals surface area (Å²) in [5, 5.41) is 0. The van der Waals surface area contributed by atoms with Crippen LogP contribution in [0.2, 0.25) is 0 Å². The Balaban J connectivity index is 3.60. The first-order valence-corrected chi connectivity index (χ1v) is 6.73. The second kappa shape index (κ2) is 8.51.